The minimum atomic E-state index is -0.579. The van der Waals surface area contributed by atoms with Crippen molar-refractivity contribution in [3.05, 3.63) is 71.4 Å². The van der Waals surface area contributed by atoms with Crippen molar-refractivity contribution in [3.8, 4) is 5.82 Å². The predicted octanol–water partition coefficient (Wildman–Crippen LogP) is 5.32. The van der Waals surface area contributed by atoms with Crippen LogP contribution in [-0.2, 0) is 0 Å². The summed E-state index contributed by atoms with van der Waals surface area (Å²) in [5.41, 5.74) is 2.59. The maximum Gasteiger partial charge on any atom is 0.272 e. The largest absolute Gasteiger partial charge is 0.319 e. The number of halogens is 5. The number of aromatic nitrogens is 2. The van der Waals surface area contributed by atoms with Crippen LogP contribution in [0, 0.1) is 0 Å². The van der Waals surface area contributed by atoms with Gasteiger partial charge in [-0.3, -0.25) is 19.6 Å². The number of pyridine rings is 1. The fourth-order valence-corrected chi connectivity index (χ4v) is 4.66. The second-order valence-corrected chi connectivity index (χ2v) is 8.94. The van der Waals surface area contributed by atoms with Crippen molar-refractivity contribution in [2.24, 2.45) is 5.84 Å². The van der Waals surface area contributed by atoms with E-state index in [1.54, 1.807) is 18.2 Å². The minimum Gasteiger partial charge on any atom is -0.319 e. The van der Waals surface area contributed by atoms with Gasteiger partial charge in [0.1, 0.15) is 10.8 Å². The summed E-state index contributed by atoms with van der Waals surface area (Å²) in [6.45, 7) is 0. The molecule has 0 aliphatic rings. The Kier molecular flexibility index (Phi) is 7.02. The molecule has 2 heterocycles. The van der Waals surface area contributed by atoms with Crippen molar-refractivity contribution in [3.63, 3.8) is 0 Å². The zero-order valence-electron chi connectivity index (χ0n) is 14.1. The molecule has 0 atom stereocenters. The van der Waals surface area contributed by atoms with Gasteiger partial charge >= 0.3 is 0 Å². The van der Waals surface area contributed by atoms with Crippen molar-refractivity contribution in [1.29, 1.82) is 0 Å². The highest BCUT2D eigenvalue weighted by Gasteiger charge is 2.24. The van der Waals surface area contributed by atoms with Crippen LogP contribution in [0.1, 0.15) is 20.8 Å². The fourth-order valence-electron chi connectivity index (χ4n) is 2.51. The molecule has 0 aliphatic heterocycles. The van der Waals surface area contributed by atoms with E-state index < -0.39 is 11.8 Å². The number of hydrogen-bond donors (Lipinski definition) is 3. The van der Waals surface area contributed by atoms with Crippen molar-refractivity contribution < 1.29 is 9.59 Å². The number of benzene rings is 1. The molecule has 3 aromatic rings. The molecule has 0 bridgehead atoms. The van der Waals surface area contributed by atoms with Gasteiger partial charge in [-0.15, -0.1) is 0 Å². The highest BCUT2D eigenvalue weighted by Crippen LogP contribution is 2.34. The summed E-state index contributed by atoms with van der Waals surface area (Å²) >= 11 is 22.6. The smallest absolute Gasteiger partial charge is 0.272 e. The van der Waals surface area contributed by atoms with E-state index in [-0.39, 0.29) is 27.9 Å². The minimum absolute atomic E-state index is 0.149. The third kappa shape index (κ3) is 4.52. The van der Waals surface area contributed by atoms with E-state index in [4.69, 9.17) is 29.0 Å². The first-order valence-electron chi connectivity index (χ1n) is 7.73. The number of hydrazine groups is 1. The second-order valence-electron chi connectivity index (χ2n) is 5.55. The van der Waals surface area contributed by atoms with E-state index in [0.29, 0.717) is 18.4 Å². The fraction of sp³-hybridized carbons (Fsp3) is 0. The molecule has 2 amide bonds. The maximum atomic E-state index is 13.1. The van der Waals surface area contributed by atoms with Gasteiger partial charge in [0.2, 0.25) is 0 Å². The molecule has 12 heteroatoms. The Labute approximate surface area is 200 Å². The van der Waals surface area contributed by atoms with Crippen molar-refractivity contribution in [2.45, 2.75) is 0 Å². The predicted molar refractivity (Wildman–Crippen MR) is 123 cm³/mol. The van der Waals surface area contributed by atoms with Crippen LogP contribution in [0.4, 0.5) is 5.69 Å². The van der Waals surface area contributed by atoms with Gasteiger partial charge in [-0.25, -0.2) is 10.8 Å². The van der Waals surface area contributed by atoms with Crippen LogP contribution in [0.3, 0.4) is 0 Å². The SMILES string of the molecule is NNC(=O)c1cc(Br)cc(Br)c1NC(=O)c1cc(Br)c(Cl)n1-c1ncccc1Cl. The van der Waals surface area contributed by atoms with Crippen LogP contribution in [0.2, 0.25) is 10.2 Å². The summed E-state index contributed by atoms with van der Waals surface area (Å²) in [5, 5.41) is 3.23. The van der Waals surface area contributed by atoms with Gasteiger partial charge in [-0.2, -0.15) is 0 Å². The molecule has 2 aromatic heterocycles. The summed E-state index contributed by atoms with van der Waals surface area (Å²) in [4.78, 5) is 29.5. The van der Waals surface area contributed by atoms with Crippen LogP contribution in [0.5, 0.6) is 0 Å². The van der Waals surface area contributed by atoms with Crippen LogP contribution in [0.15, 0.2) is 49.9 Å². The van der Waals surface area contributed by atoms with Gasteiger partial charge in [-0.1, -0.05) is 39.1 Å². The zero-order chi connectivity index (χ0) is 21.3. The number of nitrogens with one attached hydrogen (secondary N) is 2. The lowest BCUT2D eigenvalue weighted by Gasteiger charge is -2.15. The molecule has 3 rings (SSSR count). The lowest BCUT2D eigenvalue weighted by Crippen LogP contribution is -2.31. The number of amides is 2. The number of carbonyl (C=O) groups is 2. The van der Waals surface area contributed by atoms with Crippen molar-refractivity contribution in [1.82, 2.24) is 15.0 Å². The normalized spacial score (nSPS) is 10.7. The Hall–Kier alpha value is -1.43. The Morgan fingerprint density at radius 3 is 2.45 bits per heavy atom. The molecule has 1 aromatic carbocycles. The molecule has 4 N–H and O–H groups in total. The van der Waals surface area contributed by atoms with Gasteiger partial charge in [0.15, 0.2) is 5.82 Å². The highest BCUT2D eigenvalue weighted by atomic mass is 79.9. The molecule has 0 aliphatic carbocycles. The van der Waals surface area contributed by atoms with Crippen LogP contribution >= 0.6 is 71.0 Å². The zero-order valence-corrected chi connectivity index (χ0v) is 20.4. The maximum absolute atomic E-state index is 13.1. The van der Waals surface area contributed by atoms with E-state index in [0.717, 1.165) is 0 Å². The average Bonchev–Trinajstić information content (AvgIpc) is 2.98. The van der Waals surface area contributed by atoms with Crippen LogP contribution < -0.4 is 16.6 Å². The Morgan fingerprint density at radius 2 is 1.79 bits per heavy atom. The molecule has 29 heavy (non-hydrogen) atoms. The van der Waals surface area contributed by atoms with E-state index in [2.05, 4.69) is 63.5 Å². The Bertz CT molecular complexity index is 1140. The Morgan fingerprint density at radius 1 is 1.07 bits per heavy atom. The summed E-state index contributed by atoms with van der Waals surface area (Å²) in [6, 6.07) is 8.03. The second kappa shape index (κ2) is 9.15. The lowest BCUT2D eigenvalue weighted by atomic mass is 10.1. The monoisotopic (exact) mass is 623 g/mol. The molecular formula is C17H10Br3Cl2N5O2. The van der Waals surface area contributed by atoms with Gasteiger partial charge in [0.25, 0.3) is 11.8 Å². The molecule has 0 saturated heterocycles. The van der Waals surface area contributed by atoms with Gasteiger partial charge < -0.3 is 5.32 Å². The molecule has 7 nitrogen and oxygen atoms in total. The molecule has 0 radical (unpaired) electrons. The number of hydrogen-bond acceptors (Lipinski definition) is 4. The molecular weight excluding hydrogens is 617 g/mol. The molecule has 0 saturated carbocycles. The van der Waals surface area contributed by atoms with Crippen molar-refractivity contribution in [2.75, 3.05) is 5.32 Å². The summed E-state index contributed by atoms with van der Waals surface area (Å²) in [7, 11) is 0. The first-order chi connectivity index (χ1) is 13.7. The number of carbonyl (C=O) groups excluding carboxylic acids is 2. The highest BCUT2D eigenvalue weighted by molar-refractivity contribution is 9.11. The quantitative estimate of drug-likeness (QED) is 0.207. The molecule has 0 spiro atoms. The summed E-state index contributed by atoms with van der Waals surface area (Å²) in [6.07, 6.45) is 1.53. The lowest BCUT2D eigenvalue weighted by molar-refractivity contribution is 0.0954. The standard InChI is InChI=1S/C17H10Br3Cl2N5O2/c18-7-4-8(16(28)26-23)13(9(19)5-7)25-17(29)12-6-10(20)14(22)27(12)15-11(21)2-1-3-24-15/h1-6H,23H2,(H,25,29)(H,26,28). The number of nitrogens with two attached hydrogens (primary N) is 1. The first kappa shape index (κ1) is 22.3. The van der Waals surface area contributed by atoms with E-state index in [1.807, 2.05) is 0 Å². The third-order valence-electron chi connectivity index (χ3n) is 3.75. The number of rotatable bonds is 4. The van der Waals surface area contributed by atoms with Gasteiger partial charge in [0, 0.05) is 15.1 Å². The first-order valence-corrected chi connectivity index (χ1v) is 10.9. The third-order valence-corrected chi connectivity index (χ3v) is 6.33. The van der Waals surface area contributed by atoms with Gasteiger partial charge in [-0.05, 0) is 62.2 Å². The summed E-state index contributed by atoms with van der Waals surface area (Å²) in [5.74, 6) is 4.42. The van der Waals surface area contributed by atoms with Crippen molar-refractivity contribution >= 4 is 88.5 Å². The molecule has 150 valence electrons. The average molecular weight is 627 g/mol. The summed E-state index contributed by atoms with van der Waals surface area (Å²) < 4.78 is 2.97. The molecule has 0 fully saturated rings. The number of nitrogen functional groups attached to an aromatic ring is 1. The Balaban J connectivity index is 2.10. The van der Waals surface area contributed by atoms with E-state index in [9.17, 15) is 9.59 Å². The van der Waals surface area contributed by atoms with Crippen LogP contribution in [-0.4, -0.2) is 21.4 Å². The van der Waals surface area contributed by atoms with Gasteiger partial charge in [0.05, 0.1) is 20.7 Å². The van der Waals surface area contributed by atoms with Crippen LogP contribution in [0.25, 0.3) is 5.82 Å². The number of anilines is 1. The van der Waals surface area contributed by atoms with E-state index >= 15 is 0 Å². The number of nitrogens with zero attached hydrogens (tertiary/aromatic N) is 2. The topological polar surface area (TPSA) is 102 Å². The van der Waals surface area contributed by atoms with E-state index in [1.165, 1.54) is 22.9 Å². The molecule has 0 unspecified atom stereocenters.